The predicted molar refractivity (Wildman–Crippen MR) is 146 cm³/mol. The predicted octanol–water partition coefficient (Wildman–Crippen LogP) is 4.69. The minimum Gasteiger partial charge on any atom is -0.492 e. The number of aryl methyl sites for hydroxylation is 1. The van der Waals surface area contributed by atoms with Gasteiger partial charge in [-0.25, -0.2) is 0 Å². The van der Waals surface area contributed by atoms with Gasteiger partial charge in [0.05, 0.1) is 12.5 Å². The van der Waals surface area contributed by atoms with Crippen LogP contribution in [0.15, 0.2) is 48.5 Å². The summed E-state index contributed by atoms with van der Waals surface area (Å²) < 4.78 is 5.94. The van der Waals surface area contributed by atoms with Crippen molar-refractivity contribution in [2.24, 2.45) is 5.92 Å². The molecule has 1 unspecified atom stereocenters. The number of benzene rings is 2. The number of anilines is 4. The lowest BCUT2D eigenvalue weighted by molar-refractivity contribution is -0.141. The van der Waals surface area contributed by atoms with Gasteiger partial charge in [-0.3, -0.25) is 4.79 Å². The first-order valence-electron chi connectivity index (χ1n) is 12.9. The molecular formula is C28H36N6O3. The normalized spacial score (nSPS) is 13.9. The Morgan fingerprint density at radius 2 is 1.78 bits per heavy atom. The molecule has 2 N–H and O–H groups in total. The third-order valence-corrected chi connectivity index (χ3v) is 6.59. The van der Waals surface area contributed by atoms with E-state index < -0.39 is 5.97 Å². The lowest BCUT2D eigenvalue weighted by Crippen LogP contribution is -2.28. The summed E-state index contributed by atoms with van der Waals surface area (Å²) >= 11 is 0. The maximum atomic E-state index is 11.3. The summed E-state index contributed by atoms with van der Waals surface area (Å²) in [5.41, 5.74) is 3.12. The molecule has 1 aliphatic rings. The number of carboxylic acid groups (broad SMARTS) is 1. The van der Waals surface area contributed by atoms with Crippen LogP contribution in [0.4, 0.5) is 23.5 Å². The summed E-state index contributed by atoms with van der Waals surface area (Å²) in [6.45, 7) is 6.89. The molecule has 1 atom stereocenters. The van der Waals surface area contributed by atoms with Gasteiger partial charge in [-0.05, 0) is 62.4 Å². The molecule has 1 saturated heterocycles. The van der Waals surface area contributed by atoms with Crippen molar-refractivity contribution < 1.29 is 14.6 Å². The highest BCUT2D eigenvalue weighted by Crippen LogP contribution is 2.22. The number of nitrogens with one attached hydrogen (secondary N) is 1. The highest BCUT2D eigenvalue weighted by molar-refractivity contribution is 5.70. The molecule has 3 aromatic rings. The SMILES string of the molecule is CCC(Cc1ccc(OCCN(C)c2nc(Nc3ccc(C)cc3)nc(N3CCCC3)n2)cc1)C(=O)O. The van der Waals surface area contributed by atoms with Crippen LogP contribution in [0.2, 0.25) is 0 Å². The van der Waals surface area contributed by atoms with Crippen LogP contribution in [0.1, 0.15) is 37.3 Å². The average molecular weight is 505 g/mol. The molecule has 4 rings (SSSR count). The number of ether oxygens (including phenoxy) is 1. The molecule has 9 nitrogen and oxygen atoms in total. The first-order valence-corrected chi connectivity index (χ1v) is 12.9. The molecule has 0 saturated carbocycles. The Morgan fingerprint density at radius 3 is 2.43 bits per heavy atom. The largest absolute Gasteiger partial charge is 0.492 e. The molecule has 0 spiro atoms. The van der Waals surface area contributed by atoms with Crippen molar-refractivity contribution in [2.75, 3.05) is 48.4 Å². The summed E-state index contributed by atoms with van der Waals surface area (Å²) in [6, 6.07) is 15.8. The van der Waals surface area contributed by atoms with Crippen molar-refractivity contribution in [1.82, 2.24) is 15.0 Å². The van der Waals surface area contributed by atoms with Crippen LogP contribution < -0.4 is 19.9 Å². The van der Waals surface area contributed by atoms with Gasteiger partial charge in [0, 0.05) is 25.8 Å². The van der Waals surface area contributed by atoms with E-state index in [2.05, 4.69) is 39.2 Å². The first-order chi connectivity index (χ1) is 17.9. The molecule has 1 fully saturated rings. The highest BCUT2D eigenvalue weighted by atomic mass is 16.5. The van der Waals surface area contributed by atoms with E-state index in [-0.39, 0.29) is 5.92 Å². The van der Waals surface area contributed by atoms with Crippen molar-refractivity contribution >= 4 is 29.5 Å². The molecule has 2 aromatic carbocycles. The van der Waals surface area contributed by atoms with Crippen LogP contribution in [-0.2, 0) is 11.2 Å². The number of nitrogens with zero attached hydrogens (tertiary/aromatic N) is 5. The fourth-order valence-electron chi connectivity index (χ4n) is 4.22. The molecule has 0 radical (unpaired) electrons. The minimum atomic E-state index is -0.755. The zero-order valence-electron chi connectivity index (χ0n) is 21.9. The number of likely N-dealkylation sites (N-methyl/N-ethyl adjacent to an activating group) is 1. The topological polar surface area (TPSA) is 104 Å². The standard InChI is InChI=1S/C28H36N6O3/c1-4-22(25(35)36)19-21-9-13-24(14-10-21)37-18-17-33(3)27-30-26(29-23-11-7-20(2)8-12-23)31-28(32-27)34-15-5-6-16-34/h7-14,22H,4-6,15-19H2,1-3H3,(H,35,36)(H,29,30,31,32). The summed E-state index contributed by atoms with van der Waals surface area (Å²) in [6.07, 6.45) is 3.41. The van der Waals surface area contributed by atoms with Gasteiger partial charge in [-0.1, -0.05) is 36.8 Å². The Hall–Kier alpha value is -3.88. The monoisotopic (exact) mass is 504 g/mol. The average Bonchev–Trinajstić information content (AvgIpc) is 3.44. The number of hydrogen-bond donors (Lipinski definition) is 2. The van der Waals surface area contributed by atoms with Crippen LogP contribution in [0.5, 0.6) is 5.75 Å². The van der Waals surface area contributed by atoms with E-state index in [9.17, 15) is 9.90 Å². The quantitative estimate of drug-likeness (QED) is 0.363. The maximum Gasteiger partial charge on any atom is 0.306 e. The number of carboxylic acids is 1. The van der Waals surface area contributed by atoms with Crippen LogP contribution in [-0.4, -0.2) is 59.3 Å². The van der Waals surface area contributed by atoms with Gasteiger partial charge >= 0.3 is 5.97 Å². The second kappa shape index (κ2) is 12.4. The highest BCUT2D eigenvalue weighted by Gasteiger charge is 2.19. The maximum absolute atomic E-state index is 11.3. The lowest BCUT2D eigenvalue weighted by atomic mass is 9.97. The van der Waals surface area contributed by atoms with Gasteiger partial charge in [-0.2, -0.15) is 15.0 Å². The molecule has 1 aromatic heterocycles. The van der Waals surface area contributed by atoms with Gasteiger partial charge in [0.25, 0.3) is 0 Å². The molecule has 196 valence electrons. The number of aliphatic carboxylic acids is 1. The lowest BCUT2D eigenvalue weighted by Gasteiger charge is -2.21. The molecular weight excluding hydrogens is 468 g/mol. The molecule has 9 heteroatoms. The third-order valence-electron chi connectivity index (χ3n) is 6.59. The smallest absolute Gasteiger partial charge is 0.306 e. The summed E-state index contributed by atoms with van der Waals surface area (Å²) in [5, 5.41) is 12.6. The number of aromatic nitrogens is 3. The third kappa shape index (κ3) is 7.31. The molecule has 0 bridgehead atoms. The zero-order chi connectivity index (χ0) is 26.2. The molecule has 37 heavy (non-hydrogen) atoms. The molecule has 0 aliphatic carbocycles. The van der Waals surface area contributed by atoms with E-state index in [0.717, 1.165) is 42.9 Å². The van der Waals surface area contributed by atoms with Gasteiger partial charge in [0.15, 0.2) is 0 Å². The van der Waals surface area contributed by atoms with Crippen molar-refractivity contribution in [1.29, 1.82) is 0 Å². The van der Waals surface area contributed by atoms with Crippen molar-refractivity contribution in [2.45, 2.75) is 39.5 Å². The Kier molecular flexibility index (Phi) is 8.77. The Balaban J connectivity index is 1.39. The number of rotatable bonds is 12. The van der Waals surface area contributed by atoms with Crippen LogP contribution in [0.3, 0.4) is 0 Å². The van der Waals surface area contributed by atoms with E-state index in [1.165, 1.54) is 5.56 Å². The Labute approximate surface area is 218 Å². The fraction of sp³-hybridized carbons (Fsp3) is 0.429. The summed E-state index contributed by atoms with van der Waals surface area (Å²) in [4.78, 5) is 29.6. The minimum absolute atomic E-state index is 0.364. The summed E-state index contributed by atoms with van der Waals surface area (Å²) in [5.74, 6) is 1.42. The second-order valence-corrected chi connectivity index (χ2v) is 9.51. The van der Waals surface area contributed by atoms with Crippen LogP contribution in [0, 0.1) is 12.8 Å². The fourth-order valence-corrected chi connectivity index (χ4v) is 4.22. The molecule has 2 heterocycles. The van der Waals surface area contributed by atoms with Crippen molar-refractivity contribution in [3.63, 3.8) is 0 Å². The Bertz CT molecular complexity index is 1160. The summed E-state index contributed by atoms with van der Waals surface area (Å²) in [7, 11) is 1.95. The van der Waals surface area contributed by atoms with Gasteiger partial charge in [0.1, 0.15) is 12.4 Å². The van der Waals surface area contributed by atoms with Crippen LogP contribution in [0.25, 0.3) is 0 Å². The van der Waals surface area contributed by atoms with Crippen molar-refractivity contribution in [3.05, 3.63) is 59.7 Å². The van der Waals surface area contributed by atoms with E-state index in [1.54, 1.807) is 0 Å². The van der Waals surface area contributed by atoms with Gasteiger partial charge in [0.2, 0.25) is 17.8 Å². The molecule has 1 aliphatic heterocycles. The van der Waals surface area contributed by atoms with Crippen molar-refractivity contribution in [3.8, 4) is 5.75 Å². The first kappa shape index (κ1) is 26.2. The van der Waals surface area contributed by atoms with E-state index in [1.807, 2.05) is 55.3 Å². The van der Waals surface area contributed by atoms with Gasteiger partial charge < -0.3 is 25.0 Å². The van der Waals surface area contributed by atoms with Gasteiger partial charge in [-0.15, -0.1) is 0 Å². The van der Waals surface area contributed by atoms with Crippen LogP contribution >= 0.6 is 0 Å². The second-order valence-electron chi connectivity index (χ2n) is 9.51. The number of hydrogen-bond acceptors (Lipinski definition) is 8. The Morgan fingerprint density at radius 1 is 1.08 bits per heavy atom. The van der Waals surface area contributed by atoms with E-state index >= 15 is 0 Å². The van der Waals surface area contributed by atoms with E-state index in [4.69, 9.17) is 9.72 Å². The zero-order valence-corrected chi connectivity index (χ0v) is 21.9. The van der Waals surface area contributed by atoms with E-state index in [0.29, 0.717) is 43.8 Å². The molecule has 0 amide bonds. The number of carbonyl (C=O) groups is 1.